The van der Waals surface area contributed by atoms with Crippen LogP contribution in [0.2, 0.25) is 0 Å². The molecule has 1 unspecified atom stereocenters. The van der Waals surface area contributed by atoms with Gasteiger partial charge in [0.15, 0.2) is 17.4 Å². The van der Waals surface area contributed by atoms with E-state index in [-0.39, 0.29) is 41.6 Å². The molecular formula is C23H27N7O6S3. The van der Waals surface area contributed by atoms with Gasteiger partial charge in [-0.1, -0.05) is 16.5 Å². The molecule has 2 aromatic heterocycles. The molecule has 2 aromatic rings. The van der Waals surface area contributed by atoms with Crippen LogP contribution < -0.4 is 20.7 Å². The molecule has 2 amide bonds. The van der Waals surface area contributed by atoms with Crippen molar-refractivity contribution < 1.29 is 34.0 Å². The molecule has 208 valence electrons. The van der Waals surface area contributed by atoms with Crippen LogP contribution in [0.25, 0.3) is 0 Å². The number of carbonyl (C=O) groups is 3. The maximum Gasteiger partial charge on any atom is 0.278 e. The van der Waals surface area contributed by atoms with Crippen molar-refractivity contribution in [1.82, 2.24) is 19.6 Å². The van der Waals surface area contributed by atoms with Gasteiger partial charge in [-0.2, -0.15) is 13.9 Å². The van der Waals surface area contributed by atoms with E-state index >= 15 is 0 Å². The number of thioether (sulfide) groups is 1. The molecule has 0 radical (unpaired) electrons. The van der Waals surface area contributed by atoms with Crippen molar-refractivity contribution in [1.29, 1.82) is 0 Å². The first-order valence-corrected chi connectivity index (χ1v) is 15.1. The standard InChI is InChI=1S/C23H27N7O6S3/c1-11-14(6-7-31)38-10-29(11)8-12-9-37-21-16(20(33)30(21)17(12)22(34)35)25-19(32)15(18-26-23(24)39-28-18)27-36-13-4-2-3-5-13/h10,13,16,21,31H,2-9H2,1H3,(H3-,24,25,26,28,32,34,35)/t16?,21-/m1/s1. The maximum atomic E-state index is 13.2. The van der Waals surface area contributed by atoms with E-state index in [1.54, 1.807) is 0 Å². The smallest absolute Gasteiger partial charge is 0.278 e. The number of thiazole rings is 1. The second-order valence-corrected chi connectivity index (χ2v) is 12.2. The van der Waals surface area contributed by atoms with Crippen LogP contribution in [0.5, 0.6) is 0 Å². The lowest BCUT2D eigenvalue weighted by atomic mass is 10.0. The van der Waals surface area contributed by atoms with E-state index in [0.29, 0.717) is 17.7 Å². The topological polar surface area (TPSA) is 187 Å². The Morgan fingerprint density at radius 1 is 1.38 bits per heavy atom. The van der Waals surface area contributed by atoms with E-state index in [4.69, 9.17) is 10.6 Å². The van der Waals surface area contributed by atoms with Crippen LogP contribution in [0.4, 0.5) is 5.13 Å². The summed E-state index contributed by atoms with van der Waals surface area (Å²) in [6.45, 7) is 2.19. The number of carbonyl (C=O) groups excluding carboxylic acids is 3. The normalized spacial score (nSPS) is 21.6. The quantitative estimate of drug-likeness (QED) is 0.135. The number of amides is 2. The number of rotatable bonds is 10. The summed E-state index contributed by atoms with van der Waals surface area (Å²) in [5, 5.41) is 27.6. The molecular weight excluding hydrogens is 566 g/mol. The van der Waals surface area contributed by atoms with Gasteiger partial charge in [0.1, 0.15) is 17.5 Å². The fourth-order valence-corrected chi connectivity index (χ4v) is 7.55. The predicted octanol–water partition coefficient (Wildman–Crippen LogP) is -0.920. The van der Waals surface area contributed by atoms with Crippen molar-refractivity contribution in [2.24, 2.45) is 5.16 Å². The van der Waals surface area contributed by atoms with Crippen LogP contribution in [0.1, 0.15) is 42.1 Å². The third-order valence-electron chi connectivity index (χ3n) is 6.85. The Morgan fingerprint density at radius 3 is 2.82 bits per heavy atom. The minimum absolute atomic E-state index is 0.00532. The Bertz CT molecular complexity index is 1350. The van der Waals surface area contributed by atoms with Crippen LogP contribution in [-0.4, -0.2) is 72.7 Å². The molecule has 2 aliphatic heterocycles. The van der Waals surface area contributed by atoms with Gasteiger partial charge in [-0.15, -0.1) is 11.8 Å². The summed E-state index contributed by atoms with van der Waals surface area (Å²) in [6, 6.07) is -0.974. The number of nitrogens with zero attached hydrogens (tertiary/aromatic N) is 5. The molecule has 1 aliphatic carbocycles. The second kappa shape index (κ2) is 11.6. The Balaban J connectivity index is 1.33. The van der Waals surface area contributed by atoms with E-state index in [1.165, 1.54) is 28.0 Å². The molecule has 5 rings (SSSR count). The van der Waals surface area contributed by atoms with Gasteiger partial charge in [-0.25, -0.2) is 0 Å². The first kappa shape index (κ1) is 27.5. The predicted molar refractivity (Wildman–Crippen MR) is 141 cm³/mol. The number of hydrogen-bond donors (Lipinski definition) is 3. The van der Waals surface area contributed by atoms with E-state index in [1.807, 2.05) is 17.0 Å². The van der Waals surface area contributed by atoms with Gasteiger partial charge in [0.2, 0.25) is 17.0 Å². The van der Waals surface area contributed by atoms with Gasteiger partial charge < -0.3 is 30.9 Å². The number of aliphatic carboxylic acids is 1. The number of nitrogens with one attached hydrogen (secondary N) is 1. The van der Waals surface area contributed by atoms with Gasteiger partial charge in [0, 0.05) is 42.8 Å². The van der Waals surface area contributed by atoms with Crippen LogP contribution in [0, 0.1) is 6.92 Å². The molecule has 0 spiro atoms. The van der Waals surface area contributed by atoms with Gasteiger partial charge in [-0.3, -0.25) is 14.5 Å². The van der Waals surface area contributed by atoms with Gasteiger partial charge in [-0.05, 0) is 25.7 Å². The molecule has 2 atom stereocenters. The minimum atomic E-state index is -1.45. The monoisotopic (exact) mass is 593 g/mol. The molecule has 1 saturated carbocycles. The molecule has 4 heterocycles. The summed E-state index contributed by atoms with van der Waals surface area (Å²) in [6.07, 6.45) is 4.08. The lowest BCUT2D eigenvalue weighted by Crippen LogP contribution is -2.71. The van der Waals surface area contributed by atoms with E-state index < -0.39 is 29.2 Å². The first-order valence-electron chi connectivity index (χ1n) is 12.4. The third kappa shape index (κ3) is 5.50. The lowest BCUT2D eigenvalue weighted by Gasteiger charge is -2.50. The van der Waals surface area contributed by atoms with Gasteiger partial charge in [0.05, 0.1) is 16.5 Å². The van der Waals surface area contributed by atoms with Crippen molar-refractivity contribution >= 4 is 63.3 Å². The average Bonchev–Trinajstić information content (AvgIpc) is 3.66. The zero-order valence-electron chi connectivity index (χ0n) is 21.0. The largest absolute Gasteiger partial charge is 0.543 e. The summed E-state index contributed by atoms with van der Waals surface area (Å²) < 4.78 is 5.96. The van der Waals surface area contributed by atoms with Crippen molar-refractivity contribution in [3.8, 4) is 0 Å². The van der Waals surface area contributed by atoms with Crippen molar-refractivity contribution in [2.45, 2.75) is 63.1 Å². The van der Waals surface area contributed by atoms with E-state index in [0.717, 1.165) is 47.8 Å². The highest BCUT2D eigenvalue weighted by atomic mass is 32.2. The molecule has 3 aliphatic rings. The number of aromatic nitrogens is 3. The van der Waals surface area contributed by atoms with Crippen LogP contribution in [0.15, 0.2) is 21.9 Å². The second-order valence-electron chi connectivity index (χ2n) is 9.34. The van der Waals surface area contributed by atoms with Crippen LogP contribution >= 0.6 is 34.6 Å². The number of hydrogen-bond acceptors (Lipinski definition) is 13. The molecule has 16 heteroatoms. The number of anilines is 1. The Labute approximate surface area is 235 Å². The Morgan fingerprint density at radius 2 is 2.15 bits per heavy atom. The van der Waals surface area contributed by atoms with Crippen LogP contribution in [-0.2, 0) is 32.2 Å². The number of fused-ring (bicyclic) bond motifs is 1. The average molecular weight is 594 g/mol. The highest BCUT2D eigenvalue weighted by Crippen LogP contribution is 2.40. The number of aliphatic hydroxyl groups excluding tert-OH is 1. The van der Waals surface area contributed by atoms with Gasteiger partial charge in [0.25, 0.3) is 11.8 Å². The fraction of sp³-hybridized carbons (Fsp3) is 0.522. The number of carboxylic acids is 1. The minimum Gasteiger partial charge on any atom is -0.543 e. The van der Waals surface area contributed by atoms with E-state index in [9.17, 15) is 24.6 Å². The highest BCUT2D eigenvalue weighted by Gasteiger charge is 2.53. The number of nitrogens with two attached hydrogens (primary N) is 1. The SMILES string of the molecule is Cc1c(CCO)sc[n+]1CC1=C(C(=O)[O-])N2C(=O)C(NC(=O)C(=NOC3CCCC3)c3nsc(N)n3)[C@H]2SC1. The zero-order valence-corrected chi connectivity index (χ0v) is 23.4. The molecule has 13 nitrogen and oxygen atoms in total. The third-order valence-corrected chi connectivity index (χ3v) is 9.87. The molecule has 2 fully saturated rings. The van der Waals surface area contributed by atoms with Crippen LogP contribution in [0.3, 0.4) is 0 Å². The Hall–Kier alpha value is -3.08. The summed E-state index contributed by atoms with van der Waals surface area (Å²) in [5.74, 6) is -2.40. The molecule has 0 bridgehead atoms. The summed E-state index contributed by atoms with van der Waals surface area (Å²) in [4.78, 5) is 50.3. The molecule has 1 saturated heterocycles. The van der Waals surface area contributed by atoms with Crippen molar-refractivity contribution in [2.75, 3.05) is 18.1 Å². The number of oxime groups is 1. The Kier molecular flexibility index (Phi) is 8.16. The number of aliphatic hydroxyl groups is 1. The summed E-state index contributed by atoms with van der Waals surface area (Å²) in [7, 11) is 0. The highest BCUT2D eigenvalue weighted by molar-refractivity contribution is 8.00. The lowest BCUT2D eigenvalue weighted by molar-refractivity contribution is -0.690. The number of carboxylic acid groups (broad SMARTS) is 1. The maximum absolute atomic E-state index is 13.2. The van der Waals surface area contributed by atoms with Gasteiger partial charge >= 0.3 is 0 Å². The van der Waals surface area contributed by atoms with Crippen molar-refractivity contribution in [3.05, 3.63) is 33.2 Å². The molecule has 4 N–H and O–H groups in total. The summed E-state index contributed by atoms with van der Waals surface area (Å²) >= 11 is 3.74. The fourth-order valence-electron chi connectivity index (χ4n) is 4.79. The number of β-lactam (4-membered cyclic amide) rings is 1. The summed E-state index contributed by atoms with van der Waals surface area (Å²) in [5.41, 5.74) is 8.65. The molecule has 0 aromatic carbocycles. The zero-order chi connectivity index (χ0) is 27.7. The molecule has 39 heavy (non-hydrogen) atoms. The van der Waals surface area contributed by atoms with Crippen molar-refractivity contribution in [3.63, 3.8) is 0 Å². The van der Waals surface area contributed by atoms with E-state index in [2.05, 4.69) is 19.8 Å². The number of nitrogen functional groups attached to an aromatic ring is 1. The first-order chi connectivity index (χ1) is 18.8.